The van der Waals surface area contributed by atoms with Gasteiger partial charge in [0, 0.05) is 39.1 Å². The second-order valence-corrected chi connectivity index (χ2v) is 6.84. The molecule has 0 aliphatic carbocycles. The van der Waals surface area contributed by atoms with E-state index in [4.69, 9.17) is 9.47 Å². The van der Waals surface area contributed by atoms with Crippen LogP contribution in [0, 0.1) is 18.7 Å². The Labute approximate surface area is 141 Å². The zero-order valence-electron chi connectivity index (χ0n) is 14.0. The fraction of sp³-hybridized carbons (Fsp3) is 0.611. The molecule has 0 amide bonds. The summed E-state index contributed by atoms with van der Waals surface area (Å²) in [4.78, 5) is 14.2. The zero-order valence-corrected chi connectivity index (χ0v) is 14.0. The Kier molecular flexibility index (Phi) is 5.06. The summed E-state index contributed by atoms with van der Waals surface area (Å²) < 4.78 is 24.5. The van der Waals surface area contributed by atoms with Crippen LogP contribution in [-0.2, 0) is 9.53 Å². The normalized spacial score (nSPS) is 24.0. The number of carboxylic acids is 1. The average molecular weight is 337 g/mol. The highest BCUT2D eigenvalue weighted by Crippen LogP contribution is 2.32. The van der Waals surface area contributed by atoms with Gasteiger partial charge in [0.2, 0.25) is 5.60 Å². The van der Waals surface area contributed by atoms with E-state index in [0.717, 1.165) is 26.2 Å². The molecule has 24 heavy (non-hydrogen) atoms. The smallest absolute Gasteiger partial charge is 0.348 e. The maximum atomic E-state index is 13.2. The lowest BCUT2D eigenvalue weighted by Gasteiger charge is -2.39. The van der Waals surface area contributed by atoms with Gasteiger partial charge in [-0.25, -0.2) is 9.18 Å². The highest BCUT2D eigenvalue weighted by Gasteiger charge is 2.44. The number of halogens is 1. The first-order chi connectivity index (χ1) is 11.5. The lowest BCUT2D eigenvalue weighted by molar-refractivity contribution is -0.160. The number of ether oxygens (including phenoxy) is 2. The van der Waals surface area contributed by atoms with Gasteiger partial charge in [0.05, 0.1) is 6.61 Å². The minimum atomic E-state index is -1.23. The maximum Gasteiger partial charge on any atom is 0.348 e. The fourth-order valence-electron chi connectivity index (χ4n) is 3.49. The molecule has 0 unspecified atom stereocenters. The van der Waals surface area contributed by atoms with Crippen LogP contribution in [-0.4, -0.2) is 54.4 Å². The Hall–Kier alpha value is -1.66. The van der Waals surface area contributed by atoms with Gasteiger partial charge in [0.25, 0.3) is 0 Å². The molecule has 6 heteroatoms. The number of aryl methyl sites for hydroxylation is 1. The summed E-state index contributed by atoms with van der Waals surface area (Å²) in [6.45, 7) is 5.66. The van der Waals surface area contributed by atoms with E-state index < -0.39 is 11.6 Å². The highest BCUT2D eigenvalue weighted by molar-refractivity contribution is 5.78. The van der Waals surface area contributed by atoms with Crippen LogP contribution in [0.1, 0.15) is 24.8 Å². The third-order valence-corrected chi connectivity index (χ3v) is 5.04. The summed E-state index contributed by atoms with van der Waals surface area (Å²) in [5, 5.41) is 9.73. The molecule has 1 atom stereocenters. The Morgan fingerprint density at radius 2 is 2.21 bits per heavy atom. The molecule has 132 valence electrons. The van der Waals surface area contributed by atoms with Gasteiger partial charge in [-0.3, -0.25) is 0 Å². The molecular weight excluding hydrogens is 313 g/mol. The molecule has 2 aliphatic rings. The first-order valence-electron chi connectivity index (χ1n) is 8.47. The van der Waals surface area contributed by atoms with Crippen LogP contribution in [0.5, 0.6) is 5.75 Å². The molecule has 1 aromatic carbocycles. The number of hydrogen-bond donors (Lipinski definition) is 1. The number of carbonyl (C=O) groups is 1. The number of nitrogens with zero attached hydrogens (tertiary/aromatic N) is 1. The molecule has 2 saturated heterocycles. The SMILES string of the molecule is Cc1cc(F)ccc1OC1(C(=O)O)CCN(C[C@@H]2CCOC2)CC1. The van der Waals surface area contributed by atoms with Gasteiger partial charge in [-0.2, -0.15) is 0 Å². The van der Waals surface area contributed by atoms with Gasteiger partial charge in [-0.05, 0) is 43.0 Å². The third-order valence-electron chi connectivity index (χ3n) is 5.04. The van der Waals surface area contributed by atoms with Crippen molar-refractivity contribution >= 4 is 5.97 Å². The Morgan fingerprint density at radius 1 is 1.46 bits per heavy atom. The summed E-state index contributed by atoms with van der Waals surface area (Å²) in [5.74, 6) is -0.313. The molecule has 2 aliphatic heterocycles. The summed E-state index contributed by atoms with van der Waals surface area (Å²) in [7, 11) is 0. The summed E-state index contributed by atoms with van der Waals surface area (Å²) in [6.07, 6.45) is 1.92. The second-order valence-electron chi connectivity index (χ2n) is 6.84. The molecule has 0 radical (unpaired) electrons. The van der Waals surface area contributed by atoms with Crippen LogP contribution in [0.4, 0.5) is 4.39 Å². The van der Waals surface area contributed by atoms with E-state index in [2.05, 4.69) is 4.90 Å². The second kappa shape index (κ2) is 7.07. The number of benzene rings is 1. The number of likely N-dealkylation sites (tertiary alicyclic amines) is 1. The Morgan fingerprint density at radius 3 is 2.79 bits per heavy atom. The predicted molar refractivity (Wildman–Crippen MR) is 86.7 cm³/mol. The lowest BCUT2D eigenvalue weighted by atomic mass is 9.90. The van der Waals surface area contributed by atoms with E-state index in [9.17, 15) is 14.3 Å². The molecule has 2 heterocycles. The minimum Gasteiger partial charge on any atom is -0.478 e. The maximum absolute atomic E-state index is 13.2. The Bertz CT molecular complexity index is 593. The van der Waals surface area contributed by atoms with Crippen molar-refractivity contribution in [3.05, 3.63) is 29.6 Å². The standard InChI is InChI=1S/C18H24FNO4/c1-13-10-15(19)2-3-16(13)24-18(17(21)22)5-7-20(8-6-18)11-14-4-9-23-12-14/h2-3,10,14H,4-9,11-12H2,1H3,(H,21,22)/t14-/m0/s1. The first-order valence-corrected chi connectivity index (χ1v) is 8.47. The van der Waals surface area contributed by atoms with Crippen LogP contribution in [0.3, 0.4) is 0 Å². The molecule has 3 rings (SSSR count). The van der Waals surface area contributed by atoms with Crippen molar-refractivity contribution in [1.82, 2.24) is 4.90 Å². The average Bonchev–Trinajstić information content (AvgIpc) is 3.05. The van der Waals surface area contributed by atoms with E-state index in [1.165, 1.54) is 18.2 Å². The number of piperidine rings is 1. The molecule has 1 N–H and O–H groups in total. The van der Waals surface area contributed by atoms with Crippen molar-refractivity contribution in [2.45, 2.75) is 31.8 Å². The predicted octanol–water partition coefficient (Wildman–Crippen LogP) is 2.47. The van der Waals surface area contributed by atoms with Crippen molar-refractivity contribution < 1.29 is 23.8 Å². The summed E-state index contributed by atoms with van der Waals surface area (Å²) in [6, 6.07) is 4.17. The van der Waals surface area contributed by atoms with E-state index in [1.807, 2.05) is 0 Å². The van der Waals surface area contributed by atoms with E-state index in [0.29, 0.717) is 43.2 Å². The van der Waals surface area contributed by atoms with Gasteiger partial charge in [-0.1, -0.05) is 0 Å². The van der Waals surface area contributed by atoms with Gasteiger partial charge >= 0.3 is 5.97 Å². The molecule has 2 fully saturated rings. The van der Waals surface area contributed by atoms with Crippen LogP contribution < -0.4 is 4.74 Å². The topological polar surface area (TPSA) is 59.0 Å². The first kappa shape index (κ1) is 17.2. The van der Waals surface area contributed by atoms with Crippen LogP contribution >= 0.6 is 0 Å². The molecule has 0 saturated carbocycles. The number of hydrogen-bond acceptors (Lipinski definition) is 4. The molecule has 5 nitrogen and oxygen atoms in total. The molecule has 0 aromatic heterocycles. The van der Waals surface area contributed by atoms with Crippen molar-refractivity contribution in [2.75, 3.05) is 32.8 Å². The highest BCUT2D eigenvalue weighted by atomic mass is 19.1. The zero-order chi connectivity index (χ0) is 17.2. The van der Waals surface area contributed by atoms with Gasteiger partial charge in [-0.15, -0.1) is 0 Å². The third kappa shape index (κ3) is 3.70. The van der Waals surface area contributed by atoms with Crippen molar-refractivity contribution in [3.8, 4) is 5.75 Å². The van der Waals surface area contributed by atoms with Crippen LogP contribution in [0.2, 0.25) is 0 Å². The molecule has 1 aromatic rings. The monoisotopic (exact) mass is 337 g/mol. The quantitative estimate of drug-likeness (QED) is 0.894. The molecule has 0 bridgehead atoms. The van der Waals surface area contributed by atoms with Gasteiger partial charge < -0.3 is 19.5 Å². The molecule has 0 spiro atoms. The number of carboxylic acid groups (broad SMARTS) is 1. The van der Waals surface area contributed by atoms with Gasteiger partial charge in [0.1, 0.15) is 11.6 Å². The van der Waals surface area contributed by atoms with Crippen LogP contribution in [0.15, 0.2) is 18.2 Å². The molecular formula is C18H24FNO4. The van der Waals surface area contributed by atoms with Crippen molar-refractivity contribution in [2.24, 2.45) is 5.92 Å². The summed E-state index contributed by atoms with van der Waals surface area (Å²) in [5.41, 5.74) is -0.619. The lowest BCUT2D eigenvalue weighted by Crippen LogP contribution is -2.54. The van der Waals surface area contributed by atoms with E-state index in [1.54, 1.807) is 6.92 Å². The van der Waals surface area contributed by atoms with E-state index >= 15 is 0 Å². The summed E-state index contributed by atoms with van der Waals surface area (Å²) >= 11 is 0. The minimum absolute atomic E-state index is 0.349. The largest absolute Gasteiger partial charge is 0.478 e. The van der Waals surface area contributed by atoms with Gasteiger partial charge in [0.15, 0.2) is 0 Å². The van der Waals surface area contributed by atoms with E-state index in [-0.39, 0.29) is 5.82 Å². The van der Waals surface area contributed by atoms with Crippen molar-refractivity contribution in [3.63, 3.8) is 0 Å². The number of aliphatic carboxylic acids is 1. The van der Waals surface area contributed by atoms with Crippen LogP contribution in [0.25, 0.3) is 0 Å². The van der Waals surface area contributed by atoms with Crippen molar-refractivity contribution in [1.29, 1.82) is 0 Å². The fourth-order valence-corrected chi connectivity index (χ4v) is 3.49. The number of rotatable bonds is 5. The Balaban J connectivity index is 1.65.